The SMILES string of the molecule is CC(C)CC(=O)N1C[C@@H]2[C@H](CNC(=O)c3ccnnc3)CO[C@@H]2C1. The number of carbonyl (C=O) groups is 2. The van der Waals surface area contributed by atoms with Gasteiger partial charge in [-0.2, -0.15) is 10.2 Å². The first-order valence-electron chi connectivity index (χ1n) is 8.49. The Balaban J connectivity index is 1.52. The predicted molar refractivity (Wildman–Crippen MR) is 87.1 cm³/mol. The molecule has 1 aromatic rings. The number of amides is 2. The summed E-state index contributed by atoms with van der Waals surface area (Å²) in [6, 6.07) is 1.64. The minimum Gasteiger partial charge on any atom is -0.376 e. The molecule has 2 fully saturated rings. The van der Waals surface area contributed by atoms with Crippen molar-refractivity contribution < 1.29 is 14.3 Å². The van der Waals surface area contributed by atoms with Gasteiger partial charge in [0.2, 0.25) is 5.91 Å². The molecule has 0 unspecified atom stereocenters. The van der Waals surface area contributed by atoms with Crippen molar-refractivity contribution in [3.8, 4) is 0 Å². The van der Waals surface area contributed by atoms with E-state index in [9.17, 15) is 9.59 Å². The van der Waals surface area contributed by atoms with E-state index in [2.05, 4.69) is 29.4 Å². The summed E-state index contributed by atoms with van der Waals surface area (Å²) in [5.41, 5.74) is 0.501. The highest BCUT2D eigenvalue weighted by molar-refractivity contribution is 5.93. The van der Waals surface area contributed by atoms with Crippen molar-refractivity contribution >= 4 is 11.8 Å². The summed E-state index contributed by atoms with van der Waals surface area (Å²) in [5, 5.41) is 10.3. The molecule has 0 aliphatic carbocycles. The van der Waals surface area contributed by atoms with Gasteiger partial charge in [-0.3, -0.25) is 9.59 Å². The van der Waals surface area contributed by atoms with E-state index in [1.54, 1.807) is 6.07 Å². The quantitative estimate of drug-likeness (QED) is 0.859. The topological polar surface area (TPSA) is 84.4 Å². The second-order valence-corrected chi connectivity index (χ2v) is 7.03. The van der Waals surface area contributed by atoms with Crippen LogP contribution in [0.2, 0.25) is 0 Å². The van der Waals surface area contributed by atoms with Crippen LogP contribution in [-0.2, 0) is 9.53 Å². The average Bonchev–Trinajstić information content (AvgIpc) is 3.14. The first-order valence-corrected chi connectivity index (χ1v) is 8.49. The molecule has 0 aromatic carbocycles. The number of ether oxygens (including phenoxy) is 1. The van der Waals surface area contributed by atoms with E-state index in [-0.39, 0.29) is 23.8 Å². The highest BCUT2D eigenvalue weighted by atomic mass is 16.5. The van der Waals surface area contributed by atoms with Crippen LogP contribution in [0.4, 0.5) is 0 Å². The molecule has 3 heterocycles. The van der Waals surface area contributed by atoms with Crippen molar-refractivity contribution in [2.75, 3.05) is 26.2 Å². The minimum absolute atomic E-state index is 0.102. The Morgan fingerprint density at radius 1 is 1.38 bits per heavy atom. The Morgan fingerprint density at radius 2 is 2.21 bits per heavy atom. The number of nitrogens with zero attached hydrogens (tertiary/aromatic N) is 3. The van der Waals surface area contributed by atoms with Gasteiger partial charge in [0.1, 0.15) is 0 Å². The van der Waals surface area contributed by atoms with Crippen molar-refractivity contribution in [3.63, 3.8) is 0 Å². The van der Waals surface area contributed by atoms with Gasteiger partial charge in [0.05, 0.1) is 30.7 Å². The highest BCUT2D eigenvalue weighted by Gasteiger charge is 2.45. The molecule has 3 rings (SSSR count). The molecule has 2 aliphatic rings. The summed E-state index contributed by atoms with van der Waals surface area (Å²) in [7, 11) is 0. The number of hydrogen-bond donors (Lipinski definition) is 1. The van der Waals surface area contributed by atoms with E-state index in [0.717, 1.165) is 6.54 Å². The van der Waals surface area contributed by atoms with Gasteiger partial charge in [-0.15, -0.1) is 0 Å². The van der Waals surface area contributed by atoms with Crippen LogP contribution in [0.5, 0.6) is 0 Å². The maximum atomic E-state index is 12.2. The number of fused-ring (bicyclic) bond motifs is 1. The largest absolute Gasteiger partial charge is 0.376 e. The molecule has 0 saturated carbocycles. The Bertz CT molecular complexity index is 593. The zero-order chi connectivity index (χ0) is 17.1. The third-order valence-corrected chi connectivity index (χ3v) is 4.75. The molecule has 130 valence electrons. The second-order valence-electron chi connectivity index (χ2n) is 7.03. The molecular weight excluding hydrogens is 308 g/mol. The first-order chi connectivity index (χ1) is 11.5. The minimum atomic E-state index is -0.154. The first kappa shape index (κ1) is 16.8. The molecule has 1 N–H and O–H groups in total. The fourth-order valence-electron chi connectivity index (χ4n) is 3.44. The molecule has 7 nitrogen and oxygen atoms in total. The summed E-state index contributed by atoms with van der Waals surface area (Å²) < 4.78 is 5.85. The maximum Gasteiger partial charge on any atom is 0.252 e. The van der Waals surface area contributed by atoms with E-state index in [1.165, 1.54) is 12.4 Å². The normalized spacial score (nSPS) is 25.8. The van der Waals surface area contributed by atoms with E-state index in [0.29, 0.717) is 43.5 Å². The van der Waals surface area contributed by atoms with Crippen LogP contribution >= 0.6 is 0 Å². The van der Waals surface area contributed by atoms with Crippen LogP contribution in [-0.4, -0.2) is 59.3 Å². The molecule has 1 aromatic heterocycles. The molecule has 7 heteroatoms. The van der Waals surface area contributed by atoms with E-state index >= 15 is 0 Å². The van der Waals surface area contributed by atoms with Crippen molar-refractivity contribution in [1.29, 1.82) is 0 Å². The van der Waals surface area contributed by atoms with Crippen molar-refractivity contribution in [1.82, 2.24) is 20.4 Å². The van der Waals surface area contributed by atoms with E-state index < -0.39 is 0 Å². The maximum absolute atomic E-state index is 12.2. The lowest BCUT2D eigenvalue weighted by atomic mass is 9.93. The van der Waals surface area contributed by atoms with Crippen molar-refractivity contribution in [3.05, 3.63) is 24.0 Å². The fraction of sp³-hybridized carbons (Fsp3) is 0.647. The predicted octanol–water partition coefficient (Wildman–Crippen LogP) is 0.726. The van der Waals surface area contributed by atoms with Crippen LogP contribution in [0.25, 0.3) is 0 Å². The van der Waals surface area contributed by atoms with Crippen molar-refractivity contribution in [2.24, 2.45) is 17.8 Å². The summed E-state index contributed by atoms with van der Waals surface area (Å²) in [6.45, 7) is 6.70. The number of likely N-dealkylation sites (tertiary alicyclic amines) is 1. The summed E-state index contributed by atoms with van der Waals surface area (Å²) in [6.07, 6.45) is 3.63. The van der Waals surface area contributed by atoms with Crippen LogP contribution in [0.1, 0.15) is 30.6 Å². The van der Waals surface area contributed by atoms with Gasteiger partial charge in [0, 0.05) is 37.9 Å². The number of rotatable bonds is 5. The van der Waals surface area contributed by atoms with Crippen LogP contribution in [0.3, 0.4) is 0 Å². The molecule has 0 radical (unpaired) electrons. The Labute approximate surface area is 141 Å². The van der Waals surface area contributed by atoms with Gasteiger partial charge in [-0.25, -0.2) is 0 Å². The zero-order valence-corrected chi connectivity index (χ0v) is 14.1. The Hall–Kier alpha value is -2.02. The molecular formula is C17H24N4O3. The van der Waals surface area contributed by atoms with Gasteiger partial charge >= 0.3 is 0 Å². The van der Waals surface area contributed by atoms with E-state index in [4.69, 9.17) is 4.74 Å². The van der Waals surface area contributed by atoms with Gasteiger partial charge in [-0.1, -0.05) is 13.8 Å². The van der Waals surface area contributed by atoms with Gasteiger partial charge < -0.3 is 15.0 Å². The molecule has 0 bridgehead atoms. The second kappa shape index (κ2) is 7.25. The number of nitrogens with one attached hydrogen (secondary N) is 1. The van der Waals surface area contributed by atoms with Crippen LogP contribution < -0.4 is 5.32 Å². The van der Waals surface area contributed by atoms with Crippen LogP contribution in [0, 0.1) is 17.8 Å². The molecule has 24 heavy (non-hydrogen) atoms. The van der Waals surface area contributed by atoms with Crippen LogP contribution in [0.15, 0.2) is 18.5 Å². The van der Waals surface area contributed by atoms with Gasteiger partial charge in [0.25, 0.3) is 5.91 Å². The van der Waals surface area contributed by atoms with Gasteiger partial charge in [0.15, 0.2) is 0 Å². The zero-order valence-electron chi connectivity index (χ0n) is 14.1. The lowest BCUT2D eigenvalue weighted by Gasteiger charge is -2.21. The average molecular weight is 332 g/mol. The molecule has 2 aliphatic heterocycles. The standard InChI is InChI=1S/C17H24N4O3/c1-11(2)5-16(22)21-8-14-13(10-24-15(14)9-21)6-18-17(23)12-3-4-19-20-7-12/h3-4,7,11,13-15H,5-6,8-10H2,1-2H3,(H,18,23)/t13-,14-,15-/m1/s1. The van der Waals surface area contributed by atoms with E-state index in [1.807, 2.05) is 4.90 Å². The Morgan fingerprint density at radius 3 is 2.92 bits per heavy atom. The molecule has 3 atom stereocenters. The fourth-order valence-corrected chi connectivity index (χ4v) is 3.44. The summed E-state index contributed by atoms with van der Waals surface area (Å²) in [5.74, 6) is 0.957. The third kappa shape index (κ3) is 3.72. The van der Waals surface area contributed by atoms with Gasteiger partial charge in [-0.05, 0) is 12.0 Å². The third-order valence-electron chi connectivity index (χ3n) is 4.75. The van der Waals surface area contributed by atoms with Crippen molar-refractivity contribution in [2.45, 2.75) is 26.4 Å². The lowest BCUT2D eigenvalue weighted by molar-refractivity contribution is -0.131. The summed E-state index contributed by atoms with van der Waals surface area (Å²) in [4.78, 5) is 26.2. The number of hydrogen-bond acceptors (Lipinski definition) is 5. The molecule has 0 spiro atoms. The number of carbonyl (C=O) groups excluding carboxylic acids is 2. The Kier molecular flexibility index (Phi) is 5.08. The highest BCUT2D eigenvalue weighted by Crippen LogP contribution is 2.33. The lowest BCUT2D eigenvalue weighted by Crippen LogP contribution is -2.35. The summed E-state index contributed by atoms with van der Waals surface area (Å²) >= 11 is 0. The molecule has 2 saturated heterocycles. The smallest absolute Gasteiger partial charge is 0.252 e. The monoisotopic (exact) mass is 332 g/mol. The molecule has 2 amide bonds. The number of aromatic nitrogens is 2.